The van der Waals surface area contributed by atoms with Crippen molar-refractivity contribution in [3.8, 4) is 0 Å². The zero-order valence-electron chi connectivity index (χ0n) is 10.7. The normalized spacial score (nSPS) is 10.8. The highest BCUT2D eigenvalue weighted by molar-refractivity contribution is 7.94. The summed E-state index contributed by atoms with van der Waals surface area (Å²) >= 11 is 6.79. The number of hydrogen-bond donors (Lipinski definition) is 2. The average molecular weight is 332 g/mol. The molecule has 2 aromatic rings. The highest BCUT2D eigenvalue weighted by Crippen LogP contribution is 2.30. The van der Waals surface area contributed by atoms with Crippen molar-refractivity contribution < 1.29 is 18.9 Å². The Balaban J connectivity index is 2.49. The van der Waals surface area contributed by atoms with E-state index in [1.165, 1.54) is 12.1 Å². The van der Waals surface area contributed by atoms with Crippen molar-refractivity contribution in [2.24, 2.45) is 5.90 Å². The monoisotopic (exact) mass is 331 g/mol. The molecule has 0 amide bonds. The predicted octanol–water partition coefficient (Wildman–Crippen LogP) is 1.58. The van der Waals surface area contributed by atoms with Crippen LogP contribution in [0.1, 0.15) is 17.4 Å². The zero-order valence-corrected chi connectivity index (χ0v) is 12.3. The molecule has 1 aromatic carbocycles. The number of benzene rings is 1. The first-order chi connectivity index (χ1) is 10.1. The summed E-state index contributed by atoms with van der Waals surface area (Å²) in [4.78, 5) is 34.3. The average Bonchev–Trinajstić information content (AvgIpc) is 2.45. The first kappa shape index (κ1) is 15.7. The third kappa shape index (κ3) is 3.52. The van der Waals surface area contributed by atoms with Gasteiger partial charge in [-0.3, -0.25) is 4.79 Å². The lowest BCUT2D eigenvalue weighted by molar-refractivity contribution is -0.195. The van der Waals surface area contributed by atoms with Gasteiger partial charge in [-0.05, 0) is 19.1 Å². The number of halogens is 1. The second-order valence-electron chi connectivity index (χ2n) is 3.68. The van der Waals surface area contributed by atoms with Gasteiger partial charge in [-0.1, -0.05) is 11.6 Å². The fourth-order valence-corrected chi connectivity index (χ4v) is 2.22. The summed E-state index contributed by atoms with van der Waals surface area (Å²) in [7, 11) is 0. The Hall–Kier alpha value is -1.65. The molecule has 1 aromatic heterocycles. The highest BCUT2D eigenvalue weighted by atomic mass is 35.5. The molecule has 0 fully saturated rings. The van der Waals surface area contributed by atoms with Crippen LogP contribution in [0.25, 0.3) is 11.0 Å². The van der Waals surface area contributed by atoms with E-state index >= 15 is 0 Å². The lowest BCUT2D eigenvalue weighted by atomic mass is 10.3. The number of fused-ring (bicyclic) bond motifs is 1. The van der Waals surface area contributed by atoms with E-state index in [1.807, 2.05) is 0 Å². The molecule has 0 bridgehead atoms. The molecule has 10 heteroatoms. The smallest absolute Gasteiger partial charge is 0.362 e. The van der Waals surface area contributed by atoms with Gasteiger partial charge in [0.1, 0.15) is 0 Å². The van der Waals surface area contributed by atoms with E-state index in [4.69, 9.17) is 22.2 Å². The number of carbonyl (C=O) groups is 1. The van der Waals surface area contributed by atoms with E-state index in [-0.39, 0.29) is 12.3 Å². The first-order valence-electron chi connectivity index (χ1n) is 5.67. The van der Waals surface area contributed by atoms with Crippen LogP contribution in [0, 0.1) is 0 Å². The van der Waals surface area contributed by atoms with Crippen LogP contribution in [0.2, 0.25) is 5.02 Å². The van der Waals surface area contributed by atoms with Crippen molar-refractivity contribution in [3.05, 3.63) is 33.2 Å². The molecule has 0 saturated carbocycles. The Morgan fingerprint density at radius 2 is 2.29 bits per heavy atom. The summed E-state index contributed by atoms with van der Waals surface area (Å²) in [6.45, 7) is 1.78. The third-order valence-corrected chi connectivity index (χ3v) is 3.47. The van der Waals surface area contributed by atoms with Gasteiger partial charge < -0.3 is 9.72 Å². The molecular weight excluding hydrogens is 322 g/mol. The molecule has 0 aliphatic carbocycles. The number of esters is 1. The molecule has 0 atom stereocenters. The number of nitrogens with zero attached hydrogens (tertiary/aromatic N) is 1. The van der Waals surface area contributed by atoms with Crippen molar-refractivity contribution in [2.75, 3.05) is 6.61 Å². The minimum Gasteiger partial charge on any atom is -0.461 e. The van der Waals surface area contributed by atoms with Crippen LogP contribution >= 0.6 is 23.6 Å². The Bertz CT molecular complexity index is 736. The van der Waals surface area contributed by atoms with Crippen LogP contribution in [0.15, 0.2) is 21.8 Å². The van der Waals surface area contributed by atoms with E-state index in [0.717, 1.165) is 12.0 Å². The molecule has 0 aliphatic heterocycles. The fourth-order valence-electron chi connectivity index (χ4n) is 1.55. The summed E-state index contributed by atoms with van der Waals surface area (Å²) in [5.74, 6) is 3.94. The Morgan fingerprint density at radius 3 is 2.95 bits per heavy atom. The summed E-state index contributed by atoms with van der Waals surface area (Å²) < 4.78 is 9.25. The van der Waals surface area contributed by atoms with Gasteiger partial charge >= 0.3 is 5.97 Å². The van der Waals surface area contributed by atoms with E-state index in [9.17, 15) is 9.59 Å². The maximum atomic E-state index is 11.8. The van der Waals surface area contributed by atoms with Gasteiger partial charge in [0, 0.05) is 0 Å². The molecule has 0 aliphatic rings. The van der Waals surface area contributed by atoms with Crippen molar-refractivity contribution >= 4 is 40.6 Å². The lowest BCUT2D eigenvalue weighted by Gasteiger charge is -2.06. The largest absolute Gasteiger partial charge is 0.461 e. The predicted molar refractivity (Wildman–Crippen MR) is 75.5 cm³/mol. The summed E-state index contributed by atoms with van der Waals surface area (Å²) in [5, 5.41) is 0.291. The molecule has 3 N–H and O–H groups in total. The topological polar surface area (TPSA) is 117 Å². The van der Waals surface area contributed by atoms with Crippen molar-refractivity contribution in [1.29, 1.82) is 0 Å². The van der Waals surface area contributed by atoms with Crippen LogP contribution in [0.5, 0.6) is 0 Å². The van der Waals surface area contributed by atoms with Gasteiger partial charge in [-0.15, -0.1) is 9.32 Å². The van der Waals surface area contributed by atoms with Gasteiger partial charge in [0.15, 0.2) is 0 Å². The number of nitrogens with two attached hydrogens (primary N) is 1. The number of ether oxygens (including phenoxy) is 1. The van der Waals surface area contributed by atoms with Gasteiger partial charge in [0.2, 0.25) is 5.69 Å². The van der Waals surface area contributed by atoms with E-state index in [2.05, 4.69) is 19.3 Å². The van der Waals surface area contributed by atoms with Gasteiger partial charge in [0.05, 0.1) is 39.6 Å². The molecule has 21 heavy (non-hydrogen) atoms. The minimum atomic E-state index is -0.796. The Kier molecular flexibility index (Phi) is 5.15. The molecule has 0 saturated heterocycles. The zero-order chi connectivity index (χ0) is 15.4. The second kappa shape index (κ2) is 6.87. The van der Waals surface area contributed by atoms with Crippen LogP contribution in [0.3, 0.4) is 0 Å². The van der Waals surface area contributed by atoms with Crippen LogP contribution in [0.4, 0.5) is 0 Å². The van der Waals surface area contributed by atoms with Crippen molar-refractivity contribution in [1.82, 2.24) is 9.97 Å². The fraction of sp³-hybridized carbons (Fsp3) is 0.182. The molecule has 112 valence electrons. The molecular formula is C11H10ClN3O5S. The number of nitrogens with one attached hydrogen (secondary N) is 1. The SMILES string of the molecule is CCOC(=O)c1nc2cc(Cl)c(SOON)cc2[nH]c1=O. The summed E-state index contributed by atoms with van der Waals surface area (Å²) in [5.41, 5.74) is -0.279. The number of hydrogen-bond acceptors (Lipinski definition) is 8. The third-order valence-electron chi connectivity index (χ3n) is 2.38. The van der Waals surface area contributed by atoms with Crippen LogP contribution < -0.4 is 11.5 Å². The number of rotatable bonds is 5. The van der Waals surface area contributed by atoms with Crippen LogP contribution in [-0.2, 0) is 14.1 Å². The molecule has 2 rings (SSSR count). The Labute approximate surface area is 127 Å². The Morgan fingerprint density at radius 1 is 1.52 bits per heavy atom. The van der Waals surface area contributed by atoms with E-state index in [1.54, 1.807) is 6.92 Å². The second-order valence-corrected chi connectivity index (χ2v) is 4.83. The standard InChI is InChI=1S/C11H10ClN3O5S/c1-2-18-11(17)9-10(16)15-7-4-8(21-20-19-13)5(12)3-6(7)14-9/h3-4H,2,13H2,1H3,(H,15,16). The molecule has 8 nitrogen and oxygen atoms in total. The number of aromatic nitrogens is 2. The van der Waals surface area contributed by atoms with Crippen LogP contribution in [-0.4, -0.2) is 22.5 Å². The van der Waals surface area contributed by atoms with Gasteiger partial charge in [0.25, 0.3) is 5.56 Å². The number of carbonyl (C=O) groups excluding carboxylic acids is 1. The maximum absolute atomic E-state index is 11.8. The van der Waals surface area contributed by atoms with Crippen molar-refractivity contribution in [2.45, 2.75) is 11.8 Å². The lowest BCUT2D eigenvalue weighted by Crippen LogP contribution is -2.22. The van der Waals surface area contributed by atoms with E-state index in [0.29, 0.717) is 21.0 Å². The maximum Gasteiger partial charge on any atom is 0.362 e. The number of H-pyrrole nitrogens is 1. The summed E-state index contributed by atoms with van der Waals surface area (Å²) in [6, 6.07) is 2.99. The molecule has 0 unspecified atom stereocenters. The first-order valence-corrected chi connectivity index (χ1v) is 6.79. The molecule has 0 spiro atoms. The van der Waals surface area contributed by atoms with Gasteiger partial charge in [-0.25, -0.2) is 9.78 Å². The molecule has 0 radical (unpaired) electrons. The van der Waals surface area contributed by atoms with Crippen molar-refractivity contribution in [3.63, 3.8) is 0 Å². The number of aromatic amines is 1. The minimum absolute atomic E-state index is 0.144. The van der Waals surface area contributed by atoms with E-state index < -0.39 is 11.5 Å². The van der Waals surface area contributed by atoms with Gasteiger partial charge in [-0.2, -0.15) is 5.90 Å². The highest BCUT2D eigenvalue weighted by Gasteiger charge is 2.16. The quantitative estimate of drug-likeness (QED) is 0.367. The molecule has 1 heterocycles. The summed E-state index contributed by atoms with van der Waals surface area (Å²) in [6.07, 6.45) is 0.